The largest absolute Gasteiger partial charge is 0.325 e. The highest BCUT2D eigenvalue weighted by Crippen LogP contribution is 2.54. The summed E-state index contributed by atoms with van der Waals surface area (Å²) in [6.07, 6.45) is 2.05. The first-order valence-electron chi connectivity index (χ1n) is 4.24. The SMILES string of the molecule is O=C1Nc2ccccc2C12CC2. The van der Waals surface area contributed by atoms with E-state index in [1.165, 1.54) is 5.56 Å². The van der Waals surface area contributed by atoms with Crippen LogP contribution in [0.3, 0.4) is 0 Å². The number of carbonyl (C=O) groups excluding carboxylic acids is 1. The molecule has 1 aliphatic heterocycles. The summed E-state index contributed by atoms with van der Waals surface area (Å²) in [5.74, 6) is 0.198. The molecule has 1 aromatic rings. The summed E-state index contributed by atoms with van der Waals surface area (Å²) in [6, 6.07) is 7.99. The molecule has 12 heavy (non-hydrogen) atoms. The Labute approximate surface area is 70.6 Å². The molecule has 3 rings (SSSR count). The summed E-state index contributed by atoms with van der Waals surface area (Å²) in [5, 5.41) is 2.91. The van der Waals surface area contributed by atoms with Gasteiger partial charge in [-0.2, -0.15) is 0 Å². The van der Waals surface area contributed by atoms with Gasteiger partial charge in [-0.15, -0.1) is 0 Å². The zero-order valence-electron chi connectivity index (χ0n) is 6.63. The van der Waals surface area contributed by atoms with Crippen LogP contribution >= 0.6 is 0 Å². The highest BCUT2D eigenvalue weighted by molar-refractivity contribution is 6.08. The van der Waals surface area contributed by atoms with Gasteiger partial charge in [0.2, 0.25) is 5.91 Å². The maximum atomic E-state index is 11.5. The van der Waals surface area contributed by atoms with Crippen LogP contribution < -0.4 is 5.32 Å². The summed E-state index contributed by atoms with van der Waals surface area (Å²) in [4.78, 5) is 11.5. The molecule has 0 atom stereocenters. The van der Waals surface area contributed by atoms with E-state index in [9.17, 15) is 4.79 Å². The number of nitrogens with one attached hydrogen (secondary N) is 1. The average molecular weight is 159 g/mol. The number of carbonyl (C=O) groups is 1. The van der Waals surface area contributed by atoms with Crippen molar-refractivity contribution in [3.8, 4) is 0 Å². The fourth-order valence-corrected chi connectivity index (χ4v) is 2.00. The number of rotatable bonds is 0. The van der Waals surface area contributed by atoms with Crippen LogP contribution in [0.15, 0.2) is 24.3 Å². The predicted octanol–water partition coefficient (Wildman–Crippen LogP) is 1.67. The monoisotopic (exact) mass is 159 g/mol. The van der Waals surface area contributed by atoms with E-state index in [0.29, 0.717) is 0 Å². The molecule has 1 amide bonds. The van der Waals surface area contributed by atoms with Crippen LogP contribution in [0.5, 0.6) is 0 Å². The molecule has 2 nitrogen and oxygen atoms in total. The van der Waals surface area contributed by atoms with Crippen molar-refractivity contribution in [3.05, 3.63) is 29.8 Å². The Hall–Kier alpha value is -1.31. The van der Waals surface area contributed by atoms with Crippen molar-refractivity contribution in [3.63, 3.8) is 0 Å². The van der Waals surface area contributed by atoms with Gasteiger partial charge in [0.05, 0.1) is 5.41 Å². The maximum absolute atomic E-state index is 11.5. The fraction of sp³-hybridized carbons (Fsp3) is 0.300. The van der Waals surface area contributed by atoms with Gasteiger partial charge in [0.15, 0.2) is 0 Å². The molecule has 2 heteroatoms. The molecule has 0 radical (unpaired) electrons. The number of hydrogen-bond acceptors (Lipinski definition) is 1. The van der Waals surface area contributed by atoms with Gasteiger partial charge in [-0.25, -0.2) is 0 Å². The van der Waals surface area contributed by atoms with Gasteiger partial charge < -0.3 is 5.32 Å². The van der Waals surface area contributed by atoms with Crippen molar-refractivity contribution in [1.82, 2.24) is 0 Å². The highest BCUT2D eigenvalue weighted by atomic mass is 16.2. The third-order valence-electron chi connectivity index (χ3n) is 2.88. The van der Waals surface area contributed by atoms with Gasteiger partial charge in [0.1, 0.15) is 0 Å². The highest BCUT2D eigenvalue weighted by Gasteiger charge is 2.55. The Morgan fingerprint density at radius 2 is 2.00 bits per heavy atom. The molecule has 60 valence electrons. The van der Waals surface area contributed by atoms with E-state index in [-0.39, 0.29) is 11.3 Å². The van der Waals surface area contributed by atoms with Crippen LogP contribution in [-0.2, 0) is 10.2 Å². The van der Waals surface area contributed by atoms with Crippen molar-refractivity contribution in [2.24, 2.45) is 0 Å². The lowest BCUT2D eigenvalue weighted by Crippen LogP contribution is -2.18. The number of amides is 1. The Kier molecular flexibility index (Phi) is 0.888. The Morgan fingerprint density at radius 1 is 1.25 bits per heavy atom. The Balaban J connectivity index is 2.26. The molecule has 0 bridgehead atoms. The zero-order chi connectivity index (χ0) is 8.18. The van der Waals surface area contributed by atoms with E-state index >= 15 is 0 Å². The molecule has 1 heterocycles. The zero-order valence-corrected chi connectivity index (χ0v) is 6.63. The molecule has 0 saturated heterocycles. The number of anilines is 1. The molecule has 1 aliphatic carbocycles. The first kappa shape index (κ1) is 6.23. The normalized spacial score (nSPS) is 22.2. The van der Waals surface area contributed by atoms with Crippen molar-refractivity contribution in [2.75, 3.05) is 5.32 Å². The minimum atomic E-state index is -0.114. The second-order valence-electron chi connectivity index (χ2n) is 3.58. The predicted molar refractivity (Wildman–Crippen MR) is 46.0 cm³/mol. The first-order chi connectivity index (χ1) is 5.83. The fourth-order valence-electron chi connectivity index (χ4n) is 2.00. The lowest BCUT2D eigenvalue weighted by Gasteiger charge is -2.01. The minimum Gasteiger partial charge on any atom is -0.325 e. The molecule has 1 spiro atoms. The van der Waals surface area contributed by atoms with Crippen LogP contribution in [-0.4, -0.2) is 5.91 Å². The minimum absolute atomic E-state index is 0.114. The molecule has 0 unspecified atom stereocenters. The second kappa shape index (κ2) is 1.71. The van der Waals surface area contributed by atoms with E-state index in [1.54, 1.807) is 0 Å². The van der Waals surface area contributed by atoms with Crippen LogP contribution in [0.25, 0.3) is 0 Å². The number of para-hydroxylation sites is 1. The number of hydrogen-bond donors (Lipinski definition) is 1. The van der Waals surface area contributed by atoms with Gasteiger partial charge in [0.25, 0.3) is 0 Å². The second-order valence-corrected chi connectivity index (χ2v) is 3.58. The summed E-state index contributed by atoms with van der Waals surface area (Å²) in [6.45, 7) is 0. The lowest BCUT2D eigenvalue weighted by molar-refractivity contribution is -0.117. The lowest BCUT2D eigenvalue weighted by atomic mass is 9.98. The average Bonchev–Trinajstić information content (AvgIpc) is 2.80. The van der Waals surface area contributed by atoms with E-state index in [4.69, 9.17) is 0 Å². The van der Waals surface area contributed by atoms with Gasteiger partial charge in [-0.1, -0.05) is 18.2 Å². The Bertz CT molecular complexity index is 366. The van der Waals surface area contributed by atoms with Gasteiger partial charge in [-0.3, -0.25) is 4.79 Å². The maximum Gasteiger partial charge on any atom is 0.235 e. The van der Waals surface area contributed by atoms with Gasteiger partial charge in [-0.05, 0) is 24.5 Å². The standard InChI is InChI=1S/C10H9NO/c12-9-10(5-6-10)7-3-1-2-4-8(7)11-9/h1-4H,5-6H2,(H,11,12). The smallest absolute Gasteiger partial charge is 0.235 e. The van der Waals surface area contributed by atoms with Crippen LogP contribution in [0.2, 0.25) is 0 Å². The van der Waals surface area contributed by atoms with Crippen molar-refractivity contribution in [2.45, 2.75) is 18.3 Å². The molecule has 1 saturated carbocycles. The third kappa shape index (κ3) is 0.546. The van der Waals surface area contributed by atoms with E-state index in [2.05, 4.69) is 11.4 Å². The summed E-state index contributed by atoms with van der Waals surface area (Å²) < 4.78 is 0. The molecular formula is C10H9NO. The topological polar surface area (TPSA) is 29.1 Å². The Morgan fingerprint density at radius 3 is 2.75 bits per heavy atom. The van der Waals surface area contributed by atoms with Crippen molar-refractivity contribution >= 4 is 11.6 Å². The van der Waals surface area contributed by atoms with E-state index in [1.807, 2.05) is 18.2 Å². The quantitative estimate of drug-likeness (QED) is 0.613. The van der Waals surface area contributed by atoms with Gasteiger partial charge in [0, 0.05) is 5.69 Å². The van der Waals surface area contributed by atoms with E-state index in [0.717, 1.165) is 18.5 Å². The van der Waals surface area contributed by atoms with Crippen LogP contribution in [0.1, 0.15) is 18.4 Å². The summed E-state index contributed by atoms with van der Waals surface area (Å²) in [5.41, 5.74) is 2.10. The molecule has 1 fully saturated rings. The molecule has 0 aromatic heterocycles. The van der Waals surface area contributed by atoms with Crippen molar-refractivity contribution in [1.29, 1.82) is 0 Å². The molecular weight excluding hydrogens is 150 g/mol. The summed E-state index contributed by atoms with van der Waals surface area (Å²) in [7, 11) is 0. The van der Waals surface area contributed by atoms with E-state index < -0.39 is 0 Å². The molecule has 2 aliphatic rings. The summed E-state index contributed by atoms with van der Waals surface area (Å²) >= 11 is 0. The van der Waals surface area contributed by atoms with Crippen molar-refractivity contribution < 1.29 is 4.79 Å². The number of benzene rings is 1. The van der Waals surface area contributed by atoms with Crippen LogP contribution in [0, 0.1) is 0 Å². The van der Waals surface area contributed by atoms with Crippen LogP contribution in [0.4, 0.5) is 5.69 Å². The number of fused-ring (bicyclic) bond motifs is 2. The molecule has 1 N–H and O–H groups in total. The first-order valence-corrected chi connectivity index (χ1v) is 4.24. The third-order valence-corrected chi connectivity index (χ3v) is 2.88. The molecule has 1 aromatic carbocycles. The van der Waals surface area contributed by atoms with Gasteiger partial charge >= 0.3 is 0 Å².